The Hall–Kier alpha value is -2.05. The van der Waals surface area contributed by atoms with Gasteiger partial charge in [-0.15, -0.1) is 0 Å². The van der Waals surface area contributed by atoms with E-state index in [9.17, 15) is 22.8 Å². The largest absolute Gasteiger partial charge is 0.480 e. The Kier molecular flexibility index (Phi) is 4.42. The Labute approximate surface area is 113 Å². The van der Waals surface area contributed by atoms with Crippen molar-refractivity contribution >= 4 is 11.9 Å². The Morgan fingerprint density at radius 3 is 1.95 bits per heavy atom. The van der Waals surface area contributed by atoms with E-state index in [1.54, 1.807) is 20.8 Å². The SMILES string of the molecule is CC(C)(C)N(CC(=O)O)C(=O)c1cc(F)c(F)c(F)c1. The number of carbonyl (C=O) groups is 2. The normalized spacial score (nSPS) is 11.3. The number of carboxylic acid groups (broad SMARTS) is 1. The summed E-state index contributed by atoms with van der Waals surface area (Å²) in [5.41, 5.74) is -1.32. The number of hydrogen-bond donors (Lipinski definition) is 1. The molecule has 110 valence electrons. The van der Waals surface area contributed by atoms with Crippen molar-refractivity contribution in [2.75, 3.05) is 6.54 Å². The second-order valence-corrected chi connectivity index (χ2v) is 5.21. The van der Waals surface area contributed by atoms with Crippen molar-refractivity contribution in [1.82, 2.24) is 4.90 Å². The molecule has 1 amide bonds. The summed E-state index contributed by atoms with van der Waals surface area (Å²) in [4.78, 5) is 23.9. The number of aliphatic carboxylic acids is 1. The number of hydrogen-bond acceptors (Lipinski definition) is 2. The first-order chi connectivity index (χ1) is 9.04. The molecule has 0 bridgehead atoms. The first kappa shape index (κ1) is 16.0. The molecule has 1 aromatic rings. The van der Waals surface area contributed by atoms with Crippen molar-refractivity contribution in [1.29, 1.82) is 0 Å². The van der Waals surface area contributed by atoms with Gasteiger partial charge in [0.25, 0.3) is 5.91 Å². The Bertz CT molecular complexity index is 529. The molecule has 0 spiro atoms. The third-order valence-corrected chi connectivity index (χ3v) is 2.58. The van der Waals surface area contributed by atoms with Gasteiger partial charge in [-0.3, -0.25) is 9.59 Å². The number of nitrogens with zero attached hydrogens (tertiary/aromatic N) is 1. The topological polar surface area (TPSA) is 57.6 Å². The highest BCUT2D eigenvalue weighted by Crippen LogP contribution is 2.20. The Morgan fingerprint density at radius 1 is 1.15 bits per heavy atom. The zero-order chi connectivity index (χ0) is 15.7. The van der Waals surface area contributed by atoms with E-state index in [0.29, 0.717) is 12.1 Å². The van der Waals surface area contributed by atoms with E-state index in [1.165, 1.54) is 0 Å². The molecule has 0 fully saturated rings. The van der Waals surface area contributed by atoms with Crippen molar-refractivity contribution in [3.63, 3.8) is 0 Å². The third-order valence-electron chi connectivity index (χ3n) is 2.58. The summed E-state index contributed by atoms with van der Waals surface area (Å²) in [5, 5.41) is 8.79. The Morgan fingerprint density at radius 2 is 1.60 bits per heavy atom. The minimum atomic E-state index is -1.68. The number of carboxylic acids is 1. The van der Waals surface area contributed by atoms with Crippen molar-refractivity contribution in [3.05, 3.63) is 35.1 Å². The summed E-state index contributed by atoms with van der Waals surface area (Å²) in [6.07, 6.45) is 0. The fourth-order valence-electron chi connectivity index (χ4n) is 1.58. The predicted octanol–water partition coefficient (Wildman–Crippen LogP) is 2.43. The van der Waals surface area contributed by atoms with Crippen LogP contribution in [0.3, 0.4) is 0 Å². The second kappa shape index (κ2) is 5.52. The smallest absolute Gasteiger partial charge is 0.323 e. The van der Waals surface area contributed by atoms with Crippen LogP contribution in [0.15, 0.2) is 12.1 Å². The molecule has 0 aliphatic rings. The van der Waals surface area contributed by atoms with Crippen LogP contribution in [0.2, 0.25) is 0 Å². The molecule has 20 heavy (non-hydrogen) atoms. The standard InChI is InChI=1S/C13H14F3NO3/c1-13(2,3)17(6-10(18)19)12(20)7-4-8(14)11(16)9(15)5-7/h4-5H,6H2,1-3H3,(H,18,19). The van der Waals surface area contributed by atoms with Crippen molar-refractivity contribution < 1.29 is 27.9 Å². The molecule has 0 saturated carbocycles. The lowest BCUT2D eigenvalue weighted by Crippen LogP contribution is -2.48. The first-order valence-corrected chi connectivity index (χ1v) is 5.72. The van der Waals surface area contributed by atoms with Gasteiger partial charge < -0.3 is 10.0 Å². The van der Waals surface area contributed by atoms with Gasteiger partial charge in [-0.25, -0.2) is 13.2 Å². The van der Waals surface area contributed by atoms with Gasteiger partial charge in [-0.2, -0.15) is 0 Å². The third kappa shape index (κ3) is 3.49. The number of amides is 1. The van der Waals surface area contributed by atoms with Gasteiger partial charge in [0.15, 0.2) is 17.5 Å². The maximum atomic E-state index is 13.1. The summed E-state index contributed by atoms with van der Waals surface area (Å²) in [5.74, 6) is -6.84. The zero-order valence-corrected chi connectivity index (χ0v) is 11.2. The number of carbonyl (C=O) groups excluding carboxylic acids is 1. The van der Waals surface area contributed by atoms with Gasteiger partial charge in [-0.1, -0.05) is 0 Å². The van der Waals surface area contributed by atoms with E-state index < -0.39 is 47.0 Å². The lowest BCUT2D eigenvalue weighted by molar-refractivity contribution is -0.138. The molecule has 1 N–H and O–H groups in total. The average Bonchev–Trinajstić information content (AvgIpc) is 2.30. The highest BCUT2D eigenvalue weighted by Gasteiger charge is 2.30. The molecule has 0 aliphatic heterocycles. The molecule has 0 saturated heterocycles. The summed E-state index contributed by atoms with van der Waals surface area (Å²) >= 11 is 0. The van der Waals surface area contributed by atoms with Gasteiger partial charge >= 0.3 is 5.97 Å². The number of halogens is 3. The van der Waals surface area contributed by atoms with E-state index in [-0.39, 0.29) is 0 Å². The number of rotatable bonds is 3. The average molecular weight is 289 g/mol. The van der Waals surface area contributed by atoms with Crippen LogP contribution in [0.1, 0.15) is 31.1 Å². The van der Waals surface area contributed by atoms with Crippen molar-refractivity contribution in [2.24, 2.45) is 0 Å². The minimum Gasteiger partial charge on any atom is -0.480 e. The van der Waals surface area contributed by atoms with Crippen LogP contribution in [0.4, 0.5) is 13.2 Å². The van der Waals surface area contributed by atoms with E-state index in [2.05, 4.69) is 0 Å². The van der Waals surface area contributed by atoms with Gasteiger partial charge in [-0.05, 0) is 32.9 Å². The molecule has 7 heteroatoms. The molecule has 0 heterocycles. The maximum absolute atomic E-state index is 13.1. The summed E-state index contributed by atoms with van der Waals surface area (Å²) in [7, 11) is 0. The van der Waals surface area contributed by atoms with Gasteiger partial charge in [0, 0.05) is 11.1 Å². The summed E-state index contributed by atoms with van der Waals surface area (Å²) < 4.78 is 39.1. The summed E-state index contributed by atoms with van der Waals surface area (Å²) in [6, 6.07) is 1.09. The van der Waals surface area contributed by atoms with E-state index >= 15 is 0 Å². The van der Waals surface area contributed by atoms with Crippen LogP contribution < -0.4 is 0 Å². The molecule has 1 rings (SSSR count). The predicted molar refractivity (Wildman–Crippen MR) is 64.7 cm³/mol. The molecule has 0 unspecified atom stereocenters. The molecule has 0 aliphatic carbocycles. The van der Waals surface area contributed by atoms with Crippen molar-refractivity contribution in [3.8, 4) is 0 Å². The molecule has 4 nitrogen and oxygen atoms in total. The van der Waals surface area contributed by atoms with Crippen LogP contribution in [0.25, 0.3) is 0 Å². The van der Waals surface area contributed by atoms with Gasteiger partial charge in [0.1, 0.15) is 6.54 Å². The van der Waals surface area contributed by atoms with Crippen LogP contribution in [0.5, 0.6) is 0 Å². The van der Waals surface area contributed by atoms with Crippen molar-refractivity contribution in [2.45, 2.75) is 26.3 Å². The highest BCUT2D eigenvalue weighted by atomic mass is 19.2. The van der Waals surface area contributed by atoms with E-state index in [1.807, 2.05) is 0 Å². The molecule has 0 radical (unpaired) electrons. The quantitative estimate of drug-likeness (QED) is 0.869. The van der Waals surface area contributed by atoms with Crippen LogP contribution in [0, 0.1) is 17.5 Å². The van der Waals surface area contributed by atoms with Gasteiger partial charge in [0.2, 0.25) is 0 Å². The lowest BCUT2D eigenvalue weighted by Gasteiger charge is -2.34. The Balaban J connectivity index is 3.22. The molecular weight excluding hydrogens is 275 g/mol. The zero-order valence-electron chi connectivity index (χ0n) is 11.2. The molecule has 0 aromatic heterocycles. The van der Waals surface area contributed by atoms with E-state index in [0.717, 1.165) is 4.90 Å². The van der Waals surface area contributed by atoms with Crippen LogP contribution in [-0.4, -0.2) is 34.0 Å². The second-order valence-electron chi connectivity index (χ2n) is 5.21. The van der Waals surface area contributed by atoms with Gasteiger partial charge in [0.05, 0.1) is 0 Å². The monoisotopic (exact) mass is 289 g/mol. The highest BCUT2D eigenvalue weighted by molar-refractivity contribution is 5.96. The van der Waals surface area contributed by atoms with Crippen LogP contribution >= 0.6 is 0 Å². The first-order valence-electron chi connectivity index (χ1n) is 5.72. The fraction of sp³-hybridized carbons (Fsp3) is 0.385. The van der Waals surface area contributed by atoms with Crippen LogP contribution in [-0.2, 0) is 4.79 Å². The fourth-order valence-corrected chi connectivity index (χ4v) is 1.58. The van der Waals surface area contributed by atoms with E-state index in [4.69, 9.17) is 5.11 Å². The molecular formula is C13H14F3NO3. The minimum absolute atomic E-state index is 0.447. The molecule has 0 atom stereocenters. The maximum Gasteiger partial charge on any atom is 0.323 e. The number of benzene rings is 1. The summed E-state index contributed by atoms with van der Waals surface area (Å²) in [6.45, 7) is 4.08. The molecule has 1 aromatic carbocycles. The lowest BCUT2D eigenvalue weighted by atomic mass is 10.0.